The summed E-state index contributed by atoms with van der Waals surface area (Å²) in [7, 11) is 3.34. The summed E-state index contributed by atoms with van der Waals surface area (Å²) >= 11 is 0. The van der Waals surface area contributed by atoms with Gasteiger partial charge in [-0.05, 0) is 60.6 Å². The fourth-order valence-corrected chi connectivity index (χ4v) is 4.20. The zero-order valence-corrected chi connectivity index (χ0v) is 17.5. The molecule has 1 atom stereocenters. The van der Waals surface area contributed by atoms with Crippen LogP contribution in [0.15, 0.2) is 36.4 Å². The van der Waals surface area contributed by atoms with Gasteiger partial charge in [-0.2, -0.15) is 0 Å². The number of ether oxygens (including phenoxy) is 2. The Morgan fingerprint density at radius 1 is 1.14 bits per heavy atom. The van der Waals surface area contributed by atoms with Gasteiger partial charge in [0.15, 0.2) is 11.5 Å². The van der Waals surface area contributed by atoms with E-state index in [1.165, 1.54) is 22.3 Å². The summed E-state index contributed by atoms with van der Waals surface area (Å²) in [6, 6.07) is 12.8. The molecule has 0 spiro atoms. The van der Waals surface area contributed by atoms with Crippen LogP contribution in [0.3, 0.4) is 0 Å². The third-order valence-electron chi connectivity index (χ3n) is 6.17. The van der Waals surface area contributed by atoms with E-state index < -0.39 is 0 Å². The Morgan fingerprint density at radius 3 is 2.55 bits per heavy atom. The van der Waals surface area contributed by atoms with Crippen molar-refractivity contribution in [2.75, 3.05) is 27.3 Å². The van der Waals surface area contributed by atoms with Crippen molar-refractivity contribution < 1.29 is 14.3 Å². The first-order valence-electron chi connectivity index (χ1n) is 10.4. The zero-order chi connectivity index (χ0) is 20.4. The van der Waals surface area contributed by atoms with Crippen molar-refractivity contribution in [2.24, 2.45) is 5.92 Å². The number of benzene rings is 2. The lowest BCUT2D eigenvalue weighted by molar-refractivity contribution is -0.122. The highest BCUT2D eigenvalue weighted by atomic mass is 16.5. The zero-order valence-electron chi connectivity index (χ0n) is 17.5. The fraction of sp³-hybridized carbons (Fsp3) is 0.458. The van der Waals surface area contributed by atoms with Gasteiger partial charge in [0.05, 0.1) is 20.3 Å². The van der Waals surface area contributed by atoms with Crippen LogP contribution in [0.4, 0.5) is 0 Å². The second-order valence-electron chi connectivity index (χ2n) is 8.09. The van der Waals surface area contributed by atoms with E-state index in [4.69, 9.17) is 9.47 Å². The first kappa shape index (κ1) is 19.8. The molecule has 2 aromatic rings. The molecule has 2 aliphatic rings. The summed E-state index contributed by atoms with van der Waals surface area (Å²) in [5.74, 6) is 1.91. The number of carbonyl (C=O) groups is 1. The highest BCUT2D eigenvalue weighted by molar-refractivity contribution is 5.80. The highest BCUT2D eigenvalue weighted by Gasteiger charge is 2.33. The van der Waals surface area contributed by atoms with Gasteiger partial charge in [-0.3, -0.25) is 9.69 Å². The van der Waals surface area contributed by atoms with Crippen molar-refractivity contribution in [3.63, 3.8) is 0 Å². The van der Waals surface area contributed by atoms with Crippen molar-refractivity contribution >= 4 is 5.91 Å². The number of hydrogen-bond acceptors (Lipinski definition) is 4. The molecule has 4 rings (SSSR count). The smallest absolute Gasteiger partial charge is 0.223 e. The van der Waals surface area contributed by atoms with Gasteiger partial charge in [0.2, 0.25) is 5.91 Å². The number of amides is 1. The summed E-state index contributed by atoms with van der Waals surface area (Å²) in [6.45, 7) is 4.58. The highest BCUT2D eigenvalue weighted by Crippen LogP contribution is 2.39. The van der Waals surface area contributed by atoms with Crippen molar-refractivity contribution in [2.45, 2.75) is 38.8 Å². The van der Waals surface area contributed by atoms with Crippen molar-refractivity contribution in [3.8, 4) is 11.5 Å². The van der Waals surface area contributed by atoms with Gasteiger partial charge >= 0.3 is 0 Å². The minimum Gasteiger partial charge on any atom is -0.493 e. The topological polar surface area (TPSA) is 50.8 Å². The van der Waals surface area contributed by atoms with Crippen molar-refractivity contribution in [3.05, 3.63) is 58.7 Å². The molecular weight excluding hydrogens is 364 g/mol. The molecule has 1 N–H and O–H groups in total. The molecular formula is C24H30N2O3. The molecule has 5 heteroatoms. The first-order chi connectivity index (χ1) is 14.1. The summed E-state index contributed by atoms with van der Waals surface area (Å²) in [5, 5.41) is 3.20. The number of nitrogens with zero attached hydrogens (tertiary/aromatic N) is 1. The van der Waals surface area contributed by atoms with Crippen LogP contribution in [0.25, 0.3) is 0 Å². The summed E-state index contributed by atoms with van der Waals surface area (Å²) in [5.41, 5.74) is 5.12. The van der Waals surface area contributed by atoms with Gasteiger partial charge in [-0.1, -0.05) is 24.3 Å². The molecule has 1 heterocycles. The standard InChI is InChI=1S/C24H30N2O3/c1-16-6-4-5-7-19(16)15-26-11-10-18-12-22(28-2)23(29-3)13-20(18)21(26)14-25-24(27)17-8-9-17/h4-7,12-13,17,21H,8-11,14-15H2,1-3H3,(H,25,27). The molecule has 0 aromatic heterocycles. The average Bonchev–Trinajstić information content (AvgIpc) is 3.58. The van der Waals surface area contributed by atoms with E-state index in [1.54, 1.807) is 14.2 Å². The number of aryl methyl sites for hydroxylation is 1. The lowest BCUT2D eigenvalue weighted by Crippen LogP contribution is -2.42. The molecule has 1 aliphatic carbocycles. The van der Waals surface area contributed by atoms with E-state index in [9.17, 15) is 4.79 Å². The monoisotopic (exact) mass is 394 g/mol. The maximum Gasteiger partial charge on any atom is 0.223 e. The quantitative estimate of drug-likeness (QED) is 0.779. The number of fused-ring (bicyclic) bond motifs is 1. The van der Waals surface area contributed by atoms with Crippen LogP contribution in [0, 0.1) is 12.8 Å². The van der Waals surface area contributed by atoms with Crippen LogP contribution in [-0.4, -0.2) is 38.1 Å². The van der Waals surface area contributed by atoms with E-state index in [0.29, 0.717) is 6.54 Å². The molecule has 1 saturated carbocycles. The number of carbonyl (C=O) groups excluding carboxylic acids is 1. The molecule has 0 bridgehead atoms. The van der Waals surface area contributed by atoms with Crippen LogP contribution in [0.1, 0.15) is 41.1 Å². The largest absolute Gasteiger partial charge is 0.493 e. The van der Waals surface area contributed by atoms with Crippen LogP contribution >= 0.6 is 0 Å². The number of hydrogen-bond donors (Lipinski definition) is 1. The molecule has 0 saturated heterocycles. The molecule has 0 radical (unpaired) electrons. The average molecular weight is 395 g/mol. The fourth-order valence-electron chi connectivity index (χ4n) is 4.20. The molecule has 29 heavy (non-hydrogen) atoms. The van der Waals surface area contributed by atoms with E-state index in [1.807, 2.05) is 0 Å². The van der Waals surface area contributed by atoms with Gasteiger partial charge in [0, 0.05) is 25.6 Å². The van der Waals surface area contributed by atoms with Crippen LogP contribution < -0.4 is 14.8 Å². The first-order valence-corrected chi connectivity index (χ1v) is 10.4. The lowest BCUT2D eigenvalue weighted by atomic mass is 9.91. The lowest BCUT2D eigenvalue weighted by Gasteiger charge is -2.38. The Labute approximate surface area is 173 Å². The summed E-state index contributed by atoms with van der Waals surface area (Å²) in [4.78, 5) is 14.8. The summed E-state index contributed by atoms with van der Waals surface area (Å²) < 4.78 is 11.1. The molecule has 1 amide bonds. The molecule has 1 fully saturated rings. The predicted octanol–water partition coefficient (Wildman–Crippen LogP) is 3.64. The SMILES string of the molecule is COc1cc2c(cc1OC)C(CNC(=O)C1CC1)N(Cc1ccccc1C)CC2. The van der Waals surface area contributed by atoms with E-state index in [2.05, 4.69) is 53.5 Å². The molecule has 2 aromatic carbocycles. The molecule has 1 aliphatic heterocycles. The van der Waals surface area contributed by atoms with Gasteiger partial charge < -0.3 is 14.8 Å². The Balaban J connectivity index is 1.64. The van der Waals surface area contributed by atoms with Gasteiger partial charge in [-0.15, -0.1) is 0 Å². The molecule has 154 valence electrons. The number of methoxy groups -OCH3 is 2. The minimum atomic E-state index is 0.112. The van der Waals surface area contributed by atoms with Gasteiger partial charge in [0.25, 0.3) is 0 Å². The number of rotatable bonds is 7. The second kappa shape index (κ2) is 8.46. The number of nitrogens with one attached hydrogen (secondary N) is 1. The van der Waals surface area contributed by atoms with E-state index >= 15 is 0 Å². The van der Waals surface area contributed by atoms with Crippen molar-refractivity contribution in [1.82, 2.24) is 10.2 Å². The predicted molar refractivity (Wildman–Crippen MR) is 113 cm³/mol. The Morgan fingerprint density at radius 2 is 1.86 bits per heavy atom. The van der Waals surface area contributed by atoms with Crippen molar-refractivity contribution in [1.29, 1.82) is 0 Å². The van der Waals surface area contributed by atoms with Crippen LogP contribution in [0.2, 0.25) is 0 Å². The minimum absolute atomic E-state index is 0.112. The Bertz CT molecular complexity index is 892. The van der Waals surface area contributed by atoms with Crippen LogP contribution in [-0.2, 0) is 17.8 Å². The Hall–Kier alpha value is -2.53. The van der Waals surface area contributed by atoms with Gasteiger partial charge in [0.1, 0.15) is 0 Å². The Kier molecular flexibility index (Phi) is 5.76. The normalized spacial score (nSPS) is 18.8. The maximum absolute atomic E-state index is 12.3. The second-order valence-corrected chi connectivity index (χ2v) is 8.09. The molecule has 5 nitrogen and oxygen atoms in total. The molecule has 1 unspecified atom stereocenters. The van der Waals surface area contributed by atoms with Crippen LogP contribution in [0.5, 0.6) is 11.5 Å². The third-order valence-corrected chi connectivity index (χ3v) is 6.17. The van der Waals surface area contributed by atoms with E-state index in [-0.39, 0.29) is 17.9 Å². The summed E-state index contributed by atoms with van der Waals surface area (Å²) in [6.07, 6.45) is 2.99. The third kappa shape index (κ3) is 4.25. The maximum atomic E-state index is 12.3. The van der Waals surface area contributed by atoms with E-state index in [0.717, 1.165) is 43.9 Å². The van der Waals surface area contributed by atoms with Gasteiger partial charge in [-0.25, -0.2) is 0 Å².